The fraction of sp³-hybridized carbons (Fsp3) is 0.583. The van der Waals surface area contributed by atoms with Gasteiger partial charge in [0.25, 0.3) is 5.91 Å². The van der Waals surface area contributed by atoms with Gasteiger partial charge >= 0.3 is 0 Å². The molecule has 0 aliphatic carbocycles. The molecule has 1 aromatic rings. The van der Waals surface area contributed by atoms with Crippen molar-refractivity contribution in [1.82, 2.24) is 5.32 Å². The van der Waals surface area contributed by atoms with Crippen LogP contribution in [0.4, 0.5) is 0 Å². The molecule has 1 heterocycles. The Morgan fingerprint density at radius 2 is 2.12 bits per heavy atom. The van der Waals surface area contributed by atoms with Gasteiger partial charge in [-0.05, 0) is 37.8 Å². The molecule has 0 radical (unpaired) electrons. The standard InChI is InChI=1S/C12H20N2OS/c1-4-14(5-2)8-7-13-12(15)11-10(3)6-9-16-11/h6,9H,4-5,7-8H2,1-3H3,(H,13,15)/p+1. The lowest BCUT2D eigenvalue weighted by molar-refractivity contribution is -0.895. The van der Waals surface area contributed by atoms with Crippen molar-refractivity contribution in [3.05, 3.63) is 21.9 Å². The van der Waals surface area contributed by atoms with Gasteiger partial charge in [0.05, 0.1) is 31.1 Å². The minimum Gasteiger partial charge on any atom is -0.346 e. The second kappa shape index (κ2) is 6.66. The van der Waals surface area contributed by atoms with Gasteiger partial charge in [0.2, 0.25) is 0 Å². The molecular weight excluding hydrogens is 220 g/mol. The Hall–Kier alpha value is -0.870. The molecule has 1 aromatic heterocycles. The number of likely N-dealkylation sites (N-methyl/N-ethyl adjacent to an activating group) is 1. The Balaban J connectivity index is 2.34. The summed E-state index contributed by atoms with van der Waals surface area (Å²) in [7, 11) is 0. The van der Waals surface area contributed by atoms with Gasteiger partial charge in [-0.2, -0.15) is 0 Å². The molecule has 0 saturated carbocycles. The van der Waals surface area contributed by atoms with Gasteiger partial charge in [-0.3, -0.25) is 4.79 Å². The number of hydrogen-bond donors (Lipinski definition) is 2. The van der Waals surface area contributed by atoms with E-state index in [1.807, 2.05) is 18.4 Å². The summed E-state index contributed by atoms with van der Waals surface area (Å²) in [5.41, 5.74) is 1.07. The smallest absolute Gasteiger partial charge is 0.261 e. The molecule has 3 nitrogen and oxygen atoms in total. The fourth-order valence-electron chi connectivity index (χ4n) is 1.64. The first-order valence-corrected chi connectivity index (χ1v) is 6.72. The monoisotopic (exact) mass is 241 g/mol. The van der Waals surface area contributed by atoms with Crippen LogP contribution in [0, 0.1) is 6.92 Å². The lowest BCUT2D eigenvalue weighted by atomic mass is 10.3. The van der Waals surface area contributed by atoms with Crippen LogP contribution in [0.5, 0.6) is 0 Å². The second-order valence-corrected chi connectivity index (χ2v) is 4.81. The maximum Gasteiger partial charge on any atom is 0.261 e. The molecule has 0 aliphatic heterocycles. The molecule has 0 spiro atoms. The summed E-state index contributed by atoms with van der Waals surface area (Å²) in [6, 6.07) is 1.98. The summed E-state index contributed by atoms with van der Waals surface area (Å²) in [4.78, 5) is 14.1. The molecule has 0 aliphatic rings. The topological polar surface area (TPSA) is 33.5 Å². The largest absolute Gasteiger partial charge is 0.346 e. The first-order valence-electron chi connectivity index (χ1n) is 5.84. The number of carbonyl (C=O) groups is 1. The Bertz CT molecular complexity index is 332. The van der Waals surface area contributed by atoms with Crippen molar-refractivity contribution in [2.75, 3.05) is 26.2 Å². The van der Waals surface area contributed by atoms with E-state index in [-0.39, 0.29) is 5.91 Å². The first-order chi connectivity index (χ1) is 7.69. The molecule has 1 rings (SSSR count). The zero-order valence-electron chi connectivity index (χ0n) is 10.3. The predicted molar refractivity (Wildman–Crippen MR) is 68.3 cm³/mol. The van der Waals surface area contributed by atoms with E-state index in [9.17, 15) is 4.79 Å². The third-order valence-corrected chi connectivity index (χ3v) is 3.85. The van der Waals surface area contributed by atoms with E-state index in [1.54, 1.807) is 0 Å². The highest BCUT2D eigenvalue weighted by Gasteiger charge is 2.10. The molecule has 2 N–H and O–H groups in total. The molecule has 0 aromatic carbocycles. The summed E-state index contributed by atoms with van der Waals surface area (Å²) in [5.74, 6) is 0.0686. The number of hydrogen-bond acceptors (Lipinski definition) is 2. The average molecular weight is 241 g/mol. The molecule has 90 valence electrons. The number of amides is 1. The molecule has 4 heteroatoms. The molecule has 0 unspecified atom stereocenters. The van der Waals surface area contributed by atoms with Crippen molar-refractivity contribution in [2.45, 2.75) is 20.8 Å². The highest BCUT2D eigenvalue weighted by molar-refractivity contribution is 7.12. The van der Waals surface area contributed by atoms with Crippen LogP contribution in [0.2, 0.25) is 0 Å². The van der Waals surface area contributed by atoms with Gasteiger partial charge in [-0.1, -0.05) is 0 Å². The number of thiophene rings is 1. The molecule has 16 heavy (non-hydrogen) atoms. The van der Waals surface area contributed by atoms with E-state index >= 15 is 0 Å². The maximum absolute atomic E-state index is 11.8. The van der Waals surface area contributed by atoms with Crippen molar-refractivity contribution in [1.29, 1.82) is 0 Å². The molecule has 0 bridgehead atoms. The van der Waals surface area contributed by atoms with E-state index in [1.165, 1.54) is 16.2 Å². The van der Waals surface area contributed by atoms with Crippen molar-refractivity contribution in [3.63, 3.8) is 0 Å². The van der Waals surface area contributed by atoms with Crippen LogP contribution in [0.3, 0.4) is 0 Å². The summed E-state index contributed by atoms with van der Waals surface area (Å²) in [5, 5.41) is 4.93. The fourth-order valence-corrected chi connectivity index (χ4v) is 2.48. The Labute approximate surface area is 101 Å². The summed E-state index contributed by atoms with van der Waals surface area (Å²) < 4.78 is 0. The van der Waals surface area contributed by atoms with Crippen LogP contribution in [0.15, 0.2) is 11.4 Å². The Kier molecular flexibility index (Phi) is 5.49. The third kappa shape index (κ3) is 3.61. The summed E-state index contributed by atoms with van der Waals surface area (Å²) in [6.07, 6.45) is 0. The van der Waals surface area contributed by atoms with Gasteiger partial charge in [-0.25, -0.2) is 0 Å². The van der Waals surface area contributed by atoms with E-state index in [0.717, 1.165) is 36.6 Å². The third-order valence-electron chi connectivity index (χ3n) is 2.83. The van der Waals surface area contributed by atoms with Gasteiger partial charge in [0.1, 0.15) is 0 Å². The van der Waals surface area contributed by atoms with Crippen molar-refractivity contribution < 1.29 is 9.69 Å². The van der Waals surface area contributed by atoms with Crippen molar-refractivity contribution >= 4 is 17.2 Å². The number of quaternary nitrogens is 1. The second-order valence-electron chi connectivity index (χ2n) is 3.90. The average Bonchev–Trinajstić information content (AvgIpc) is 2.70. The Morgan fingerprint density at radius 1 is 1.44 bits per heavy atom. The van der Waals surface area contributed by atoms with Crippen LogP contribution < -0.4 is 10.2 Å². The quantitative estimate of drug-likeness (QED) is 0.756. The van der Waals surface area contributed by atoms with E-state index in [2.05, 4.69) is 19.2 Å². The highest BCUT2D eigenvalue weighted by Crippen LogP contribution is 2.14. The minimum atomic E-state index is 0.0686. The lowest BCUT2D eigenvalue weighted by Gasteiger charge is -2.15. The van der Waals surface area contributed by atoms with Gasteiger partial charge in [-0.15, -0.1) is 11.3 Å². The van der Waals surface area contributed by atoms with E-state index in [0.29, 0.717) is 0 Å². The van der Waals surface area contributed by atoms with Crippen LogP contribution in [0.25, 0.3) is 0 Å². The van der Waals surface area contributed by atoms with Crippen LogP contribution in [0.1, 0.15) is 29.1 Å². The van der Waals surface area contributed by atoms with E-state index in [4.69, 9.17) is 0 Å². The van der Waals surface area contributed by atoms with Crippen LogP contribution >= 0.6 is 11.3 Å². The first kappa shape index (κ1) is 13.2. The number of rotatable bonds is 6. The number of aryl methyl sites for hydroxylation is 1. The molecular formula is C12H21N2OS+. The van der Waals surface area contributed by atoms with Crippen molar-refractivity contribution in [2.24, 2.45) is 0 Å². The summed E-state index contributed by atoms with van der Waals surface area (Å²) >= 11 is 1.51. The lowest BCUT2D eigenvalue weighted by Crippen LogP contribution is -3.12. The van der Waals surface area contributed by atoms with Crippen LogP contribution in [-0.2, 0) is 0 Å². The number of carbonyl (C=O) groups excluding carboxylic acids is 1. The predicted octanol–water partition coefficient (Wildman–Crippen LogP) is 0.711. The minimum absolute atomic E-state index is 0.0686. The zero-order chi connectivity index (χ0) is 12.0. The van der Waals surface area contributed by atoms with Gasteiger partial charge < -0.3 is 10.2 Å². The molecule has 0 atom stereocenters. The SMILES string of the molecule is CC[NH+](CC)CCNC(=O)c1sccc1C. The van der Waals surface area contributed by atoms with Gasteiger partial charge in [0, 0.05) is 0 Å². The molecule has 1 amide bonds. The zero-order valence-corrected chi connectivity index (χ0v) is 11.1. The van der Waals surface area contributed by atoms with E-state index < -0.39 is 0 Å². The van der Waals surface area contributed by atoms with Gasteiger partial charge in [0.15, 0.2) is 0 Å². The summed E-state index contributed by atoms with van der Waals surface area (Å²) in [6.45, 7) is 10.3. The van der Waals surface area contributed by atoms with Crippen molar-refractivity contribution in [3.8, 4) is 0 Å². The normalized spacial score (nSPS) is 10.8. The highest BCUT2D eigenvalue weighted by atomic mass is 32.1. The molecule has 0 fully saturated rings. The maximum atomic E-state index is 11.8. The van der Waals surface area contributed by atoms with Crippen LogP contribution in [-0.4, -0.2) is 32.1 Å². The molecule has 0 saturated heterocycles. The Morgan fingerprint density at radius 3 is 2.62 bits per heavy atom. The number of nitrogens with one attached hydrogen (secondary N) is 2.